The number of benzene rings is 1. The molecule has 1 saturated heterocycles. The normalized spacial score (nSPS) is 17.2. The molecule has 0 spiro atoms. The van der Waals surface area contributed by atoms with E-state index in [1.807, 2.05) is 12.1 Å². The summed E-state index contributed by atoms with van der Waals surface area (Å²) in [5.74, 6) is -0.865. The zero-order valence-corrected chi connectivity index (χ0v) is 11.3. The van der Waals surface area contributed by atoms with Gasteiger partial charge in [-0.1, -0.05) is 12.1 Å². The molecule has 4 nitrogen and oxygen atoms in total. The highest BCUT2D eigenvalue weighted by Gasteiger charge is 2.13. The van der Waals surface area contributed by atoms with Gasteiger partial charge in [-0.2, -0.15) is 0 Å². The summed E-state index contributed by atoms with van der Waals surface area (Å²) in [6, 6.07) is 7.16. The molecule has 0 bridgehead atoms. The van der Waals surface area contributed by atoms with Gasteiger partial charge in [-0.25, -0.2) is 4.79 Å². The number of piperazine rings is 1. The monoisotopic (exact) mass is 270 g/mol. The number of carbonyl (C=O) groups is 1. The minimum atomic E-state index is -0.865. The Kier molecular flexibility index (Phi) is 5.59. The van der Waals surface area contributed by atoms with E-state index >= 15 is 0 Å². The average Bonchev–Trinajstić information content (AvgIpc) is 2.33. The van der Waals surface area contributed by atoms with E-state index < -0.39 is 5.97 Å². The van der Waals surface area contributed by atoms with Gasteiger partial charge in [-0.05, 0) is 24.7 Å². The first kappa shape index (κ1) is 15.0. The third-order valence-electron chi connectivity index (χ3n) is 3.20. The fraction of sp³-hybridized carbons (Fsp3) is 0.462. The molecular formula is C13H19ClN2O2. The molecule has 1 fully saturated rings. The van der Waals surface area contributed by atoms with Crippen LogP contribution in [-0.4, -0.2) is 54.1 Å². The van der Waals surface area contributed by atoms with Crippen molar-refractivity contribution in [3.05, 3.63) is 35.4 Å². The summed E-state index contributed by atoms with van der Waals surface area (Å²) in [5.41, 5.74) is 1.53. The number of nitrogens with zero attached hydrogens (tertiary/aromatic N) is 2. The van der Waals surface area contributed by atoms with E-state index in [9.17, 15) is 4.79 Å². The van der Waals surface area contributed by atoms with Crippen molar-refractivity contribution < 1.29 is 9.90 Å². The van der Waals surface area contributed by atoms with Gasteiger partial charge in [0.2, 0.25) is 0 Å². The number of halogens is 1. The Labute approximate surface area is 114 Å². The van der Waals surface area contributed by atoms with Crippen molar-refractivity contribution in [1.82, 2.24) is 9.80 Å². The molecular weight excluding hydrogens is 252 g/mol. The van der Waals surface area contributed by atoms with Crippen LogP contribution in [-0.2, 0) is 6.54 Å². The molecule has 1 aromatic rings. The van der Waals surface area contributed by atoms with E-state index in [-0.39, 0.29) is 12.4 Å². The standard InChI is InChI=1S/C13H18N2O2.ClH/c1-14-6-8-15(9-7-14)10-11-2-4-12(5-3-11)13(16)17;/h2-5H,6-10H2,1H3,(H,16,17);1H. The van der Waals surface area contributed by atoms with Crippen molar-refractivity contribution in [1.29, 1.82) is 0 Å². The maximum Gasteiger partial charge on any atom is 0.335 e. The van der Waals surface area contributed by atoms with E-state index in [0.717, 1.165) is 32.7 Å². The first-order chi connectivity index (χ1) is 8.15. The Hall–Kier alpha value is -1.10. The molecule has 2 rings (SSSR count). The Morgan fingerprint density at radius 2 is 1.72 bits per heavy atom. The fourth-order valence-electron chi connectivity index (χ4n) is 2.02. The first-order valence-electron chi connectivity index (χ1n) is 5.88. The first-order valence-corrected chi connectivity index (χ1v) is 5.88. The van der Waals surface area contributed by atoms with Crippen LogP contribution in [0.1, 0.15) is 15.9 Å². The fourth-order valence-corrected chi connectivity index (χ4v) is 2.02. The van der Waals surface area contributed by atoms with Crippen LogP contribution in [0.4, 0.5) is 0 Å². The molecule has 0 radical (unpaired) electrons. The highest BCUT2D eigenvalue weighted by atomic mass is 35.5. The third kappa shape index (κ3) is 3.98. The summed E-state index contributed by atoms with van der Waals surface area (Å²) in [6.07, 6.45) is 0. The van der Waals surface area contributed by atoms with Crippen LogP contribution in [0.5, 0.6) is 0 Å². The summed E-state index contributed by atoms with van der Waals surface area (Å²) < 4.78 is 0. The number of aromatic carboxylic acids is 1. The van der Waals surface area contributed by atoms with Crippen molar-refractivity contribution in [2.45, 2.75) is 6.54 Å². The molecule has 1 heterocycles. The second-order valence-electron chi connectivity index (χ2n) is 4.58. The predicted molar refractivity (Wildman–Crippen MR) is 73.4 cm³/mol. The minimum Gasteiger partial charge on any atom is -0.478 e. The molecule has 1 aliphatic rings. The molecule has 18 heavy (non-hydrogen) atoms. The molecule has 0 unspecified atom stereocenters. The van der Waals surface area contributed by atoms with E-state index in [1.54, 1.807) is 12.1 Å². The maximum absolute atomic E-state index is 10.7. The van der Waals surface area contributed by atoms with Gasteiger partial charge in [0, 0.05) is 32.7 Å². The topological polar surface area (TPSA) is 43.8 Å². The quantitative estimate of drug-likeness (QED) is 0.905. The van der Waals surface area contributed by atoms with Crippen molar-refractivity contribution in [2.75, 3.05) is 33.2 Å². The summed E-state index contributed by atoms with van der Waals surface area (Å²) in [5, 5.41) is 8.81. The summed E-state index contributed by atoms with van der Waals surface area (Å²) in [4.78, 5) is 15.4. The van der Waals surface area contributed by atoms with E-state index in [0.29, 0.717) is 5.56 Å². The lowest BCUT2D eigenvalue weighted by molar-refractivity contribution is 0.0697. The smallest absolute Gasteiger partial charge is 0.335 e. The number of hydrogen-bond donors (Lipinski definition) is 1. The Morgan fingerprint density at radius 1 is 1.17 bits per heavy atom. The number of rotatable bonds is 3. The van der Waals surface area contributed by atoms with Gasteiger partial charge in [-0.15, -0.1) is 12.4 Å². The van der Waals surface area contributed by atoms with Crippen LogP contribution in [0.3, 0.4) is 0 Å². The SMILES string of the molecule is CN1CCN(Cc2ccc(C(=O)O)cc2)CC1.Cl. The van der Waals surface area contributed by atoms with Crippen LogP contribution < -0.4 is 0 Å². The second kappa shape index (κ2) is 6.73. The highest BCUT2D eigenvalue weighted by Crippen LogP contribution is 2.09. The summed E-state index contributed by atoms with van der Waals surface area (Å²) in [7, 11) is 2.14. The zero-order valence-electron chi connectivity index (χ0n) is 10.5. The molecule has 0 aromatic heterocycles. The summed E-state index contributed by atoms with van der Waals surface area (Å²) >= 11 is 0. The molecule has 5 heteroatoms. The maximum atomic E-state index is 10.7. The van der Waals surface area contributed by atoms with Crippen molar-refractivity contribution in [2.24, 2.45) is 0 Å². The third-order valence-corrected chi connectivity index (χ3v) is 3.20. The van der Waals surface area contributed by atoms with Crippen LogP contribution >= 0.6 is 12.4 Å². The van der Waals surface area contributed by atoms with Crippen LogP contribution in [0.2, 0.25) is 0 Å². The van der Waals surface area contributed by atoms with Gasteiger partial charge in [0.1, 0.15) is 0 Å². The Morgan fingerprint density at radius 3 is 2.22 bits per heavy atom. The zero-order chi connectivity index (χ0) is 12.3. The lowest BCUT2D eigenvalue weighted by Gasteiger charge is -2.32. The van der Waals surface area contributed by atoms with Gasteiger partial charge in [-0.3, -0.25) is 4.90 Å². The van der Waals surface area contributed by atoms with Crippen molar-refractivity contribution >= 4 is 18.4 Å². The van der Waals surface area contributed by atoms with Crippen molar-refractivity contribution in [3.8, 4) is 0 Å². The molecule has 0 saturated carbocycles. The summed E-state index contributed by atoms with van der Waals surface area (Å²) in [6.45, 7) is 5.28. The number of carboxylic acids is 1. The van der Waals surface area contributed by atoms with Crippen molar-refractivity contribution in [3.63, 3.8) is 0 Å². The Bertz CT molecular complexity index is 386. The number of likely N-dealkylation sites (N-methyl/N-ethyl adjacent to an activating group) is 1. The van der Waals surface area contributed by atoms with Gasteiger partial charge < -0.3 is 10.0 Å². The second-order valence-corrected chi connectivity index (χ2v) is 4.58. The van der Waals surface area contributed by atoms with Gasteiger partial charge in [0.15, 0.2) is 0 Å². The van der Waals surface area contributed by atoms with Gasteiger partial charge in [0.25, 0.3) is 0 Å². The molecule has 1 N–H and O–H groups in total. The molecule has 0 aliphatic carbocycles. The van der Waals surface area contributed by atoms with Crippen LogP contribution in [0.25, 0.3) is 0 Å². The average molecular weight is 271 g/mol. The number of hydrogen-bond acceptors (Lipinski definition) is 3. The lowest BCUT2D eigenvalue weighted by atomic mass is 10.1. The number of carboxylic acid groups (broad SMARTS) is 1. The minimum absolute atomic E-state index is 0. The predicted octanol–water partition coefficient (Wildman–Crippen LogP) is 1.55. The van der Waals surface area contributed by atoms with Crippen LogP contribution in [0.15, 0.2) is 24.3 Å². The molecule has 1 aliphatic heterocycles. The highest BCUT2D eigenvalue weighted by molar-refractivity contribution is 5.87. The van der Waals surface area contributed by atoms with E-state index in [1.165, 1.54) is 5.56 Å². The van der Waals surface area contributed by atoms with E-state index in [2.05, 4.69) is 16.8 Å². The molecule has 0 amide bonds. The molecule has 100 valence electrons. The van der Waals surface area contributed by atoms with E-state index in [4.69, 9.17) is 5.11 Å². The van der Waals surface area contributed by atoms with Gasteiger partial charge in [0.05, 0.1) is 5.56 Å². The van der Waals surface area contributed by atoms with Crippen LogP contribution in [0, 0.1) is 0 Å². The molecule has 0 atom stereocenters. The largest absolute Gasteiger partial charge is 0.478 e. The Balaban J connectivity index is 0.00000162. The lowest BCUT2D eigenvalue weighted by Crippen LogP contribution is -2.43. The molecule has 1 aromatic carbocycles. The van der Waals surface area contributed by atoms with Gasteiger partial charge >= 0.3 is 5.97 Å².